The molecule has 4 heteroatoms. The van der Waals surface area contributed by atoms with Gasteiger partial charge in [0.2, 0.25) is 0 Å². The molecule has 3 N–H and O–H groups in total. The highest BCUT2D eigenvalue weighted by molar-refractivity contribution is 5.95. The fourth-order valence-corrected chi connectivity index (χ4v) is 5.35. The second-order valence-corrected chi connectivity index (χ2v) is 9.14. The number of hydrogen-bond donors (Lipinski definition) is 3. The number of carbonyl (C=O) groups is 1. The first-order chi connectivity index (χ1) is 10.8. The molecule has 0 aromatic rings. The zero-order chi connectivity index (χ0) is 18.6. The molecule has 4 nitrogen and oxygen atoms in total. The van der Waals surface area contributed by atoms with E-state index in [1.54, 1.807) is 26.8 Å². The molecule has 0 aromatic heterocycles. The minimum atomic E-state index is -1.66. The third kappa shape index (κ3) is 2.33. The van der Waals surface area contributed by atoms with Gasteiger partial charge in [-0.05, 0) is 57.4 Å². The van der Waals surface area contributed by atoms with Crippen LogP contribution in [0.3, 0.4) is 0 Å². The van der Waals surface area contributed by atoms with Crippen molar-refractivity contribution in [3.05, 3.63) is 11.6 Å². The molecular weight excluding hydrogens is 304 g/mol. The van der Waals surface area contributed by atoms with Gasteiger partial charge in [0.25, 0.3) is 0 Å². The summed E-state index contributed by atoms with van der Waals surface area (Å²) in [7, 11) is 0. The predicted molar refractivity (Wildman–Crippen MR) is 94.6 cm³/mol. The zero-order valence-corrected chi connectivity index (χ0v) is 16.1. The Hall–Kier alpha value is -0.710. The van der Waals surface area contributed by atoms with Gasteiger partial charge >= 0.3 is 0 Å². The Bertz CT molecular complexity index is 562. The first-order valence-corrected chi connectivity index (χ1v) is 9.11. The Morgan fingerprint density at radius 1 is 1.00 bits per heavy atom. The molecule has 0 amide bonds. The Morgan fingerprint density at radius 2 is 1.58 bits per heavy atom. The van der Waals surface area contributed by atoms with Crippen LogP contribution in [0.25, 0.3) is 0 Å². The second-order valence-electron chi connectivity index (χ2n) is 9.14. The normalized spacial score (nSPS) is 45.6. The van der Waals surface area contributed by atoms with Crippen LogP contribution in [-0.4, -0.2) is 37.9 Å². The van der Waals surface area contributed by atoms with E-state index in [0.717, 1.165) is 12.8 Å². The van der Waals surface area contributed by atoms with E-state index >= 15 is 0 Å². The highest BCUT2D eigenvalue weighted by Crippen LogP contribution is 2.66. The van der Waals surface area contributed by atoms with Gasteiger partial charge in [-0.2, -0.15) is 0 Å². The molecule has 138 valence electrons. The quantitative estimate of drug-likeness (QED) is 0.691. The van der Waals surface area contributed by atoms with Gasteiger partial charge in [0, 0.05) is 11.8 Å². The van der Waals surface area contributed by atoms with Crippen molar-refractivity contribution >= 4 is 5.78 Å². The number of allylic oxidation sites excluding steroid dienone is 2. The van der Waals surface area contributed by atoms with E-state index in [4.69, 9.17) is 0 Å². The summed E-state index contributed by atoms with van der Waals surface area (Å²) in [5.41, 5.74) is -4.92. The summed E-state index contributed by atoms with van der Waals surface area (Å²) >= 11 is 0. The minimum Gasteiger partial charge on any atom is -0.389 e. The van der Waals surface area contributed by atoms with Crippen molar-refractivity contribution < 1.29 is 20.1 Å². The average molecular weight is 338 g/mol. The molecule has 2 rings (SSSR count). The van der Waals surface area contributed by atoms with Crippen LogP contribution in [0.4, 0.5) is 0 Å². The van der Waals surface area contributed by atoms with E-state index in [1.807, 2.05) is 20.8 Å². The molecule has 24 heavy (non-hydrogen) atoms. The largest absolute Gasteiger partial charge is 0.389 e. The smallest absolute Gasteiger partial charge is 0.161 e. The molecule has 0 unspecified atom stereocenters. The second kappa shape index (κ2) is 5.65. The molecular formula is C20H34O4. The fourth-order valence-electron chi connectivity index (χ4n) is 5.35. The van der Waals surface area contributed by atoms with Crippen LogP contribution in [0.15, 0.2) is 11.6 Å². The number of Topliss-reactive ketones (excluding diaryl/α,β-unsaturated/α-hetero) is 1. The molecule has 0 bridgehead atoms. The van der Waals surface area contributed by atoms with Crippen LogP contribution >= 0.6 is 0 Å². The van der Waals surface area contributed by atoms with E-state index in [9.17, 15) is 20.1 Å². The van der Waals surface area contributed by atoms with Crippen molar-refractivity contribution in [3.63, 3.8) is 0 Å². The predicted octanol–water partition coefficient (Wildman–Crippen LogP) is 3.14. The lowest BCUT2D eigenvalue weighted by Crippen LogP contribution is -2.77. The van der Waals surface area contributed by atoms with Crippen molar-refractivity contribution in [3.8, 4) is 0 Å². The number of aliphatic hydroxyl groups is 3. The van der Waals surface area contributed by atoms with Gasteiger partial charge in [0.15, 0.2) is 5.78 Å². The Morgan fingerprint density at radius 3 is 2.12 bits per heavy atom. The SMILES string of the molecule is C/C=C(\C)C(=O)C[C@]1(O)[C@@]2(C)CCCC(C)(C)[C@]2(O)CC[C@@]1(C)O. The lowest BCUT2D eigenvalue weighted by molar-refractivity contribution is -0.328. The van der Waals surface area contributed by atoms with Crippen molar-refractivity contribution in [1.82, 2.24) is 0 Å². The van der Waals surface area contributed by atoms with Crippen LogP contribution in [0, 0.1) is 10.8 Å². The van der Waals surface area contributed by atoms with Crippen LogP contribution < -0.4 is 0 Å². The van der Waals surface area contributed by atoms with Gasteiger partial charge in [-0.25, -0.2) is 0 Å². The van der Waals surface area contributed by atoms with Crippen LogP contribution in [0.1, 0.15) is 80.1 Å². The molecule has 2 aliphatic carbocycles. The topological polar surface area (TPSA) is 77.8 Å². The molecule has 2 fully saturated rings. The van der Waals surface area contributed by atoms with E-state index < -0.39 is 22.2 Å². The molecule has 0 spiro atoms. The summed E-state index contributed by atoms with van der Waals surface area (Å²) in [5.74, 6) is -0.172. The average Bonchev–Trinajstić information content (AvgIpc) is 2.48. The first-order valence-electron chi connectivity index (χ1n) is 9.11. The number of rotatable bonds is 3. The summed E-state index contributed by atoms with van der Waals surface area (Å²) in [5, 5.41) is 34.4. The van der Waals surface area contributed by atoms with E-state index in [2.05, 4.69) is 0 Å². The summed E-state index contributed by atoms with van der Waals surface area (Å²) in [6, 6.07) is 0. The van der Waals surface area contributed by atoms with Crippen molar-refractivity contribution in [2.45, 2.75) is 96.9 Å². The van der Waals surface area contributed by atoms with E-state index in [1.165, 1.54) is 0 Å². The van der Waals surface area contributed by atoms with E-state index in [0.29, 0.717) is 18.4 Å². The highest BCUT2D eigenvalue weighted by atomic mass is 16.4. The van der Waals surface area contributed by atoms with Gasteiger partial charge in [0.1, 0.15) is 5.60 Å². The molecule has 0 aliphatic heterocycles. The first kappa shape index (κ1) is 19.6. The van der Waals surface area contributed by atoms with Crippen molar-refractivity contribution in [2.24, 2.45) is 10.8 Å². The summed E-state index contributed by atoms with van der Waals surface area (Å²) < 4.78 is 0. The molecule has 0 heterocycles. The Balaban J connectivity index is 2.59. The highest BCUT2D eigenvalue weighted by Gasteiger charge is 2.73. The summed E-state index contributed by atoms with van der Waals surface area (Å²) in [6.45, 7) is 11.0. The number of hydrogen-bond acceptors (Lipinski definition) is 4. The van der Waals surface area contributed by atoms with Gasteiger partial charge in [0.05, 0.1) is 11.2 Å². The molecule has 4 atom stereocenters. The maximum absolute atomic E-state index is 12.6. The fraction of sp³-hybridized carbons (Fsp3) is 0.850. The Kier molecular flexibility index (Phi) is 4.62. The molecule has 0 aromatic carbocycles. The van der Waals surface area contributed by atoms with E-state index in [-0.39, 0.29) is 24.0 Å². The van der Waals surface area contributed by atoms with Crippen LogP contribution in [0.5, 0.6) is 0 Å². The number of carbonyl (C=O) groups excluding carboxylic acids is 1. The zero-order valence-electron chi connectivity index (χ0n) is 16.1. The van der Waals surface area contributed by atoms with Crippen molar-refractivity contribution in [2.75, 3.05) is 0 Å². The molecule has 0 radical (unpaired) electrons. The van der Waals surface area contributed by atoms with Gasteiger partial charge < -0.3 is 15.3 Å². The number of ketones is 1. The minimum absolute atomic E-state index is 0.162. The monoisotopic (exact) mass is 338 g/mol. The molecule has 2 saturated carbocycles. The molecule has 0 saturated heterocycles. The Labute approximate surface area is 146 Å². The lowest BCUT2D eigenvalue weighted by Gasteiger charge is -2.69. The molecule has 2 aliphatic rings. The van der Waals surface area contributed by atoms with Crippen LogP contribution in [0.2, 0.25) is 0 Å². The number of fused-ring (bicyclic) bond motifs is 1. The van der Waals surface area contributed by atoms with Crippen LogP contribution in [-0.2, 0) is 4.79 Å². The van der Waals surface area contributed by atoms with Crippen molar-refractivity contribution in [1.29, 1.82) is 0 Å². The third-order valence-electron chi connectivity index (χ3n) is 7.58. The third-order valence-corrected chi connectivity index (χ3v) is 7.58. The van der Waals surface area contributed by atoms with Gasteiger partial charge in [-0.3, -0.25) is 4.79 Å². The maximum Gasteiger partial charge on any atom is 0.161 e. The maximum atomic E-state index is 12.6. The summed E-state index contributed by atoms with van der Waals surface area (Å²) in [4.78, 5) is 12.6. The standard InChI is InChI=1S/C20H34O4/c1-7-14(2)15(21)13-20(24)17(5)10-8-9-16(3,4)19(17,23)12-11-18(20,6)22/h7,22-24H,8-13H2,1-6H3/b14-7+/t17-,18+,19+,20-/m0/s1. The van der Waals surface area contributed by atoms with Gasteiger partial charge in [-0.1, -0.05) is 33.3 Å². The van der Waals surface area contributed by atoms with Gasteiger partial charge in [-0.15, -0.1) is 0 Å². The summed E-state index contributed by atoms with van der Waals surface area (Å²) in [6.07, 6.45) is 4.61. The lowest BCUT2D eigenvalue weighted by atomic mass is 9.40.